The smallest absolute Gasteiger partial charge is 0.338 e. The second-order valence-corrected chi connectivity index (χ2v) is 8.70. The van der Waals surface area contributed by atoms with E-state index in [2.05, 4.69) is 22.6 Å². The summed E-state index contributed by atoms with van der Waals surface area (Å²) in [5.74, 6) is -0.966. The third kappa shape index (κ3) is 7.10. The normalized spacial score (nSPS) is 25.0. The van der Waals surface area contributed by atoms with Crippen LogP contribution in [0.3, 0.4) is 0 Å². The van der Waals surface area contributed by atoms with Crippen molar-refractivity contribution in [1.82, 2.24) is 0 Å². The van der Waals surface area contributed by atoms with Crippen molar-refractivity contribution in [2.45, 2.75) is 42.1 Å². The van der Waals surface area contributed by atoms with Gasteiger partial charge in [0.15, 0.2) is 6.29 Å². The maximum Gasteiger partial charge on any atom is 0.338 e. The van der Waals surface area contributed by atoms with E-state index < -0.39 is 36.5 Å². The van der Waals surface area contributed by atoms with Crippen LogP contribution in [0.25, 0.3) is 0 Å². The van der Waals surface area contributed by atoms with Gasteiger partial charge in [0, 0.05) is 13.2 Å². The molecule has 0 unspecified atom stereocenters. The highest BCUT2D eigenvalue weighted by Gasteiger charge is 2.47. The van der Waals surface area contributed by atoms with Gasteiger partial charge in [-0.1, -0.05) is 71.1 Å². The Morgan fingerprint density at radius 3 is 2.33 bits per heavy atom. The van der Waals surface area contributed by atoms with Gasteiger partial charge in [0.05, 0.1) is 18.8 Å². The maximum atomic E-state index is 12.9. The summed E-state index contributed by atoms with van der Waals surface area (Å²) < 4.78 is 28.3. The standard InChI is InChI=1S/C25H27IO7/c1-3-30-20(27)15-14-19-22(31-16-17-10-6-4-7-11-17)23(21(26)25(29-2)32-19)33-24(28)18-12-8-5-9-13-18/h4-15,19,21-23,25H,3,16H2,1-2H3/b15-14+/t19-,21+,22-,23-,25+/m1/s1. The summed E-state index contributed by atoms with van der Waals surface area (Å²) in [6.07, 6.45) is 0.0965. The molecule has 1 aliphatic rings. The molecular weight excluding hydrogens is 539 g/mol. The lowest BCUT2D eigenvalue weighted by Crippen LogP contribution is -2.57. The number of hydrogen-bond donors (Lipinski definition) is 0. The molecule has 0 bridgehead atoms. The van der Waals surface area contributed by atoms with Gasteiger partial charge in [0.2, 0.25) is 0 Å². The average Bonchev–Trinajstić information content (AvgIpc) is 2.84. The molecule has 8 heteroatoms. The van der Waals surface area contributed by atoms with Crippen LogP contribution in [0, 0.1) is 0 Å². The highest BCUT2D eigenvalue weighted by molar-refractivity contribution is 14.1. The van der Waals surface area contributed by atoms with Gasteiger partial charge in [-0.2, -0.15) is 0 Å². The van der Waals surface area contributed by atoms with E-state index in [1.165, 1.54) is 13.2 Å². The largest absolute Gasteiger partial charge is 0.463 e. The van der Waals surface area contributed by atoms with Gasteiger partial charge in [-0.05, 0) is 30.7 Å². The number of carbonyl (C=O) groups excluding carboxylic acids is 2. The number of ether oxygens (including phenoxy) is 5. The molecule has 0 aromatic heterocycles. The molecule has 1 heterocycles. The van der Waals surface area contributed by atoms with E-state index in [1.807, 2.05) is 36.4 Å². The summed E-state index contributed by atoms with van der Waals surface area (Å²) >= 11 is 2.15. The summed E-state index contributed by atoms with van der Waals surface area (Å²) in [5.41, 5.74) is 1.39. The first-order valence-corrected chi connectivity index (χ1v) is 11.9. The Kier molecular flexibility index (Phi) is 9.86. The zero-order valence-corrected chi connectivity index (χ0v) is 20.6. The van der Waals surface area contributed by atoms with Crippen LogP contribution in [0.5, 0.6) is 0 Å². The van der Waals surface area contributed by atoms with Crippen LogP contribution in [0.4, 0.5) is 0 Å². The lowest BCUT2D eigenvalue weighted by Gasteiger charge is -2.42. The molecule has 0 spiro atoms. The van der Waals surface area contributed by atoms with Crippen molar-refractivity contribution in [1.29, 1.82) is 0 Å². The molecule has 1 saturated heterocycles. The molecule has 0 saturated carbocycles. The van der Waals surface area contributed by atoms with Crippen LogP contribution < -0.4 is 0 Å². The Labute approximate surface area is 207 Å². The second kappa shape index (κ2) is 12.8. The van der Waals surface area contributed by atoms with Crippen molar-refractivity contribution >= 4 is 34.5 Å². The van der Waals surface area contributed by atoms with Crippen molar-refractivity contribution in [3.05, 3.63) is 83.9 Å². The van der Waals surface area contributed by atoms with E-state index >= 15 is 0 Å². The minimum absolute atomic E-state index is 0.260. The molecule has 2 aromatic carbocycles. The summed E-state index contributed by atoms with van der Waals surface area (Å²) in [6.45, 7) is 2.27. The van der Waals surface area contributed by atoms with Gasteiger partial charge in [0.25, 0.3) is 0 Å². The molecule has 1 fully saturated rings. The van der Waals surface area contributed by atoms with Gasteiger partial charge < -0.3 is 23.7 Å². The molecule has 0 radical (unpaired) electrons. The predicted octanol–water partition coefficient (Wildman–Crippen LogP) is 4.09. The van der Waals surface area contributed by atoms with Gasteiger partial charge >= 0.3 is 11.9 Å². The average molecular weight is 566 g/mol. The molecule has 0 N–H and O–H groups in total. The quantitative estimate of drug-likeness (QED) is 0.196. The molecule has 176 valence electrons. The van der Waals surface area contributed by atoms with Crippen molar-refractivity contribution in [2.24, 2.45) is 0 Å². The van der Waals surface area contributed by atoms with Crippen LogP contribution in [0.15, 0.2) is 72.8 Å². The number of rotatable bonds is 9. The van der Waals surface area contributed by atoms with Crippen LogP contribution in [0.2, 0.25) is 0 Å². The minimum atomic E-state index is -0.706. The molecular formula is C25H27IO7. The molecule has 7 nitrogen and oxygen atoms in total. The minimum Gasteiger partial charge on any atom is -0.463 e. The highest BCUT2D eigenvalue weighted by Crippen LogP contribution is 2.33. The predicted molar refractivity (Wildman–Crippen MR) is 130 cm³/mol. The number of benzene rings is 2. The zero-order valence-electron chi connectivity index (χ0n) is 18.5. The Morgan fingerprint density at radius 1 is 1.03 bits per heavy atom. The Bertz CT molecular complexity index is 919. The molecule has 5 atom stereocenters. The molecule has 33 heavy (non-hydrogen) atoms. The van der Waals surface area contributed by atoms with Gasteiger partial charge in [-0.3, -0.25) is 0 Å². The topological polar surface area (TPSA) is 80.3 Å². The fraction of sp³-hybridized carbons (Fsp3) is 0.360. The number of halogens is 1. The monoisotopic (exact) mass is 566 g/mol. The van der Waals surface area contributed by atoms with Crippen LogP contribution >= 0.6 is 22.6 Å². The van der Waals surface area contributed by atoms with Crippen molar-refractivity contribution in [3.63, 3.8) is 0 Å². The first kappa shape index (κ1) is 25.4. The number of methoxy groups -OCH3 is 1. The molecule has 1 aliphatic heterocycles. The third-order valence-electron chi connectivity index (χ3n) is 4.99. The van der Waals surface area contributed by atoms with Crippen molar-refractivity contribution in [3.8, 4) is 0 Å². The third-order valence-corrected chi connectivity index (χ3v) is 6.29. The van der Waals surface area contributed by atoms with Gasteiger partial charge in [-0.25, -0.2) is 9.59 Å². The zero-order chi connectivity index (χ0) is 23.6. The second-order valence-electron chi connectivity index (χ2n) is 7.26. The van der Waals surface area contributed by atoms with E-state index in [0.29, 0.717) is 5.56 Å². The fourth-order valence-corrected chi connectivity index (χ4v) is 4.41. The molecule has 3 rings (SSSR count). The SMILES string of the molecule is CCOC(=O)/C=C/[C@H]1O[C@H](OC)[C@@H](I)[C@@H](OC(=O)c2ccccc2)[C@@H]1OCc1ccccc1. The Morgan fingerprint density at radius 2 is 1.70 bits per heavy atom. The number of hydrogen-bond acceptors (Lipinski definition) is 7. The van der Waals surface area contributed by atoms with Crippen LogP contribution in [0.1, 0.15) is 22.8 Å². The van der Waals surface area contributed by atoms with E-state index in [1.54, 1.807) is 37.3 Å². The number of alkyl halides is 1. The summed E-state index contributed by atoms with van der Waals surface area (Å²) in [7, 11) is 1.52. The first-order chi connectivity index (χ1) is 16.0. The van der Waals surface area contributed by atoms with E-state index in [4.69, 9.17) is 23.7 Å². The lowest BCUT2D eigenvalue weighted by molar-refractivity contribution is -0.233. The highest BCUT2D eigenvalue weighted by atomic mass is 127. The maximum absolute atomic E-state index is 12.9. The van der Waals surface area contributed by atoms with Crippen molar-refractivity contribution < 1.29 is 33.3 Å². The summed E-state index contributed by atoms with van der Waals surface area (Å²) in [6, 6.07) is 18.4. The van der Waals surface area contributed by atoms with E-state index in [9.17, 15) is 9.59 Å². The Balaban J connectivity index is 1.87. The summed E-state index contributed by atoms with van der Waals surface area (Å²) in [4.78, 5) is 24.8. The summed E-state index contributed by atoms with van der Waals surface area (Å²) in [5, 5.41) is 0. The van der Waals surface area contributed by atoms with Gasteiger partial charge in [-0.15, -0.1) is 0 Å². The number of carbonyl (C=O) groups is 2. The lowest BCUT2D eigenvalue weighted by atomic mass is 9.99. The fourth-order valence-electron chi connectivity index (χ4n) is 3.39. The van der Waals surface area contributed by atoms with Crippen LogP contribution in [-0.4, -0.2) is 54.2 Å². The Hall–Kier alpha value is -2.27. The van der Waals surface area contributed by atoms with E-state index in [-0.39, 0.29) is 17.1 Å². The number of esters is 2. The van der Waals surface area contributed by atoms with Crippen molar-refractivity contribution in [2.75, 3.05) is 13.7 Å². The van der Waals surface area contributed by atoms with Gasteiger partial charge in [0.1, 0.15) is 22.2 Å². The van der Waals surface area contributed by atoms with Crippen LogP contribution in [-0.2, 0) is 35.1 Å². The van der Waals surface area contributed by atoms with E-state index in [0.717, 1.165) is 5.56 Å². The molecule has 2 aromatic rings. The molecule has 0 amide bonds. The molecule has 0 aliphatic carbocycles. The first-order valence-electron chi connectivity index (χ1n) is 10.6.